The topological polar surface area (TPSA) is 66.8 Å². The van der Waals surface area contributed by atoms with E-state index in [0.717, 1.165) is 32.1 Å². The summed E-state index contributed by atoms with van der Waals surface area (Å²) in [6.45, 7) is -0.0637. The van der Waals surface area contributed by atoms with E-state index in [9.17, 15) is 15.0 Å². The number of aliphatic hydroxyl groups is 2. The Morgan fingerprint density at radius 1 is 1.29 bits per heavy atom. The first-order valence-electron chi connectivity index (χ1n) is 5.23. The molecule has 0 unspecified atom stereocenters. The second kappa shape index (κ2) is 3.51. The third kappa shape index (κ3) is 1.33. The molecule has 14 heavy (non-hydrogen) atoms. The molecule has 0 bridgehead atoms. The molecule has 1 aliphatic carbocycles. The predicted molar refractivity (Wildman–Crippen MR) is 48.5 cm³/mol. The van der Waals surface area contributed by atoms with Crippen molar-refractivity contribution in [1.82, 2.24) is 0 Å². The third-order valence-corrected chi connectivity index (χ3v) is 3.43. The minimum atomic E-state index is -1.62. The van der Waals surface area contributed by atoms with E-state index >= 15 is 0 Å². The van der Waals surface area contributed by atoms with Gasteiger partial charge in [-0.1, -0.05) is 19.3 Å². The van der Waals surface area contributed by atoms with Gasteiger partial charge in [0.15, 0.2) is 5.60 Å². The van der Waals surface area contributed by atoms with Crippen molar-refractivity contribution in [1.29, 1.82) is 0 Å². The molecule has 1 saturated heterocycles. The largest absolute Gasteiger partial charge is 0.461 e. The molecule has 1 saturated carbocycles. The Bertz CT molecular complexity index is 234. The minimum Gasteiger partial charge on any atom is -0.461 e. The summed E-state index contributed by atoms with van der Waals surface area (Å²) in [4.78, 5) is 11.4. The van der Waals surface area contributed by atoms with E-state index < -0.39 is 17.7 Å². The van der Waals surface area contributed by atoms with Crippen molar-refractivity contribution in [3.8, 4) is 0 Å². The van der Waals surface area contributed by atoms with E-state index in [1.165, 1.54) is 0 Å². The molecule has 2 fully saturated rings. The maximum Gasteiger partial charge on any atom is 0.341 e. The first-order chi connectivity index (χ1) is 6.65. The molecule has 0 aromatic rings. The fraction of sp³-hybridized carbons (Fsp3) is 0.900. The molecule has 0 radical (unpaired) electrons. The van der Waals surface area contributed by atoms with Crippen molar-refractivity contribution in [2.75, 3.05) is 6.61 Å². The van der Waals surface area contributed by atoms with Crippen LogP contribution in [-0.4, -0.2) is 34.5 Å². The average Bonchev–Trinajstić information content (AvgIpc) is 2.49. The van der Waals surface area contributed by atoms with Gasteiger partial charge >= 0.3 is 5.97 Å². The second-order valence-corrected chi connectivity index (χ2v) is 4.27. The van der Waals surface area contributed by atoms with Gasteiger partial charge in [-0.25, -0.2) is 4.79 Å². The van der Waals surface area contributed by atoms with E-state index in [4.69, 9.17) is 4.74 Å². The van der Waals surface area contributed by atoms with Crippen LogP contribution in [0.1, 0.15) is 32.1 Å². The Hall–Kier alpha value is -0.610. The molecule has 1 heterocycles. The van der Waals surface area contributed by atoms with Crippen molar-refractivity contribution in [2.24, 2.45) is 5.92 Å². The molecule has 2 aliphatic rings. The van der Waals surface area contributed by atoms with E-state index in [-0.39, 0.29) is 12.5 Å². The fourth-order valence-electron chi connectivity index (χ4n) is 2.51. The lowest BCUT2D eigenvalue weighted by Crippen LogP contribution is -2.51. The van der Waals surface area contributed by atoms with Gasteiger partial charge in [-0.3, -0.25) is 0 Å². The van der Waals surface area contributed by atoms with Crippen molar-refractivity contribution in [3.63, 3.8) is 0 Å². The smallest absolute Gasteiger partial charge is 0.341 e. The quantitative estimate of drug-likeness (QED) is 0.594. The van der Waals surface area contributed by atoms with Crippen molar-refractivity contribution in [2.45, 2.75) is 43.8 Å². The Balaban J connectivity index is 2.16. The van der Waals surface area contributed by atoms with Crippen LogP contribution < -0.4 is 0 Å². The van der Waals surface area contributed by atoms with Gasteiger partial charge in [0.1, 0.15) is 12.7 Å². The minimum absolute atomic E-state index is 0.0637. The fourth-order valence-corrected chi connectivity index (χ4v) is 2.51. The zero-order chi connectivity index (χ0) is 10.2. The first-order valence-corrected chi connectivity index (χ1v) is 5.23. The van der Waals surface area contributed by atoms with Gasteiger partial charge in [-0.05, 0) is 12.8 Å². The molecule has 2 rings (SSSR count). The van der Waals surface area contributed by atoms with Gasteiger partial charge in [0.2, 0.25) is 0 Å². The zero-order valence-corrected chi connectivity index (χ0v) is 8.11. The summed E-state index contributed by atoms with van der Waals surface area (Å²) in [5.74, 6) is -0.766. The number of carbonyl (C=O) groups excluding carboxylic acids is 1. The van der Waals surface area contributed by atoms with E-state index in [1.807, 2.05) is 0 Å². The summed E-state index contributed by atoms with van der Waals surface area (Å²) in [6, 6.07) is 0. The summed E-state index contributed by atoms with van der Waals surface area (Å²) in [7, 11) is 0. The standard InChI is InChI=1S/C10H16O4/c11-8-6-14-9(12)10(8,13)7-4-2-1-3-5-7/h7-8,11,13H,1-6H2/t8-,10-/m1/s1. The van der Waals surface area contributed by atoms with Gasteiger partial charge < -0.3 is 14.9 Å². The molecule has 80 valence electrons. The lowest BCUT2D eigenvalue weighted by molar-refractivity contribution is -0.164. The highest BCUT2D eigenvalue weighted by atomic mass is 16.6. The molecule has 0 amide bonds. The van der Waals surface area contributed by atoms with Crippen LogP contribution in [-0.2, 0) is 9.53 Å². The highest BCUT2D eigenvalue weighted by Crippen LogP contribution is 2.38. The molecule has 0 aromatic carbocycles. The van der Waals surface area contributed by atoms with Gasteiger partial charge in [-0.2, -0.15) is 0 Å². The van der Waals surface area contributed by atoms with Crippen LogP contribution in [0.15, 0.2) is 0 Å². The van der Waals surface area contributed by atoms with Crippen LogP contribution in [0.2, 0.25) is 0 Å². The van der Waals surface area contributed by atoms with Gasteiger partial charge in [0.25, 0.3) is 0 Å². The molecule has 2 N–H and O–H groups in total. The average molecular weight is 200 g/mol. The lowest BCUT2D eigenvalue weighted by Gasteiger charge is -2.33. The number of hydrogen-bond donors (Lipinski definition) is 2. The second-order valence-electron chi connectivity index (χ2n) is 4.27. The molecule has 2 atom stereocenters. The number of hydrogen-bond acceptors (Lipinski definition) is 4. The zero-order valence-electron chi connectivity index (χ0n) is 8.11. The molecule has 4 heteroatoms. The number of ether oxygens (including phenoxy) is 1. The maximum absolute atomic E-state index is 11.4. The number of aliphatic hydroxyl groups excluding tert-OH is 1. The van der Waals surface area contributed by atoms with Crippen LogP contribution in [0.3, 0.4) is 0 Å². The number of carbonyl (C=O) groups is 1. The summed E-state index contributed by atoms with van der Waals surface area (Å²) >= 11 is 0. The third-order valence-electron chi connectivity index (χ3n) is 3.43. The highest BCUT2D eigenvalue weighted by molar-refractivity contribution is 5.82. The Kier molecular flexibility index (Phi) is 2.49. The van der Waals surface area contributed by atoms with Crippen LogP contribution in [0.25, 0.3) is 0 Å². The van der Waals surface area contributed by atoms with E-state index in [0.29, 0.717) is 0 Å². The van der Waals surface area contributed by atoms with Crippen LogP contribution in [0, 0.1) is 5.92 Å². The Labute approximate surface area is 82.9 Å². The molecule has 1 aliphatic heterocycles. The summed E-state index contributed by atoms with van der Waals surface area (Å²) in [6.07, 6.45) is 3.77. The molecule has 0 spiro atoms. The maximum atomic E-state index is 11.4. The van der Waals surface area contributed by atoms with Crippen LogP contribution in [0.4, 0.5) is 0 Å². The van der Waals surface area contributed by atoms with Gasteiger partial charge in [-0.15, -0.1) is 0 Å². The summed E-state index contributed by atoms with van der Waals surface area (Å²) in [5, 5.41) is 19.7. The molecular formula is C10H16O4. The summed E-state index contributed by atoms with van der Waals surface area (Å²) in [5.41, 5.74) is -1.62. The summed E-state index contributed by atoms with van der Waals surface area (Å²) < 4.78 is 4.70. The Morgan fingerprint density at radius 3 is 2.43 bits per heavy atom. The number of rotatable bonds is 1. The van der Waals surface area contributed by atoms with Gasteiger partial charge in [0.05, 0.1) is 0 Å². The van der Waals surface area contributed by atoms with E-state index in [1.54, 1.807) is 0 Å². The molecular weight excluding hydrogens is 184 g/mol. The molecule has 4 nitrogen and oxygen atoms in total. The number of esters is 1. The molecule has 0 aromatic heterocycles. The van der Waals surface area contributed by atoms with Gasteiger partial charge in [0, 0.05) is 5.92 Å². The highest BCUT2D eigenvalue weighted by Gasteiger charge is 2.55. The lowest BCUT2D eigenvalue weighted by atomic mass is 9.75. The van der Waals surface area contributed by atoms with Crippen LogP contribution >= 0.6 is 0 Å². The van der Waals surface area contributed by atoms with Crippen molar-refractivity contribution in [3.05, 3.63) is 0 Å². The number of cyclic esters (lactones) is 1. The van der Waals surface area contributed by atoms with E-state index in [2.05, 4.69) is 0 Å². The van der Waals surface area contributed by atoms with Crippen molar-refractivity contribution < 1.29 is 19.7 Å². The monoisotopic (exact) mass is 200 g/mol. The predicted octanol–water partition coefficient (Wildman–Crippen LogP) is 0.215. The van der Waals surface area contributed by atoms with Crippen molar-refractivity contribution >= 4 is 5.97 Å². The SMILES string of the molecule is O=C1OC[C@@H](O)[C@]1(O)C1CCCCC1. The Morgan fingerprint density at radius 2 is 1.93 bits per heavy atom. The normalized spacial score (nSPS) is 39.9. The first kappa shape index (κ1) is 9.93. The van der Waals surface area contributed by atoms with Crippen LogP contribution in [0.5, 0.6) is 0 Å².